The Bertz CT molecular complexity index is 887. The van der Waals surface area contributed by atoms with Crippen LogP contribution in [-0.2, 0) is 16.1 Å². The fourth-order valence-electron chi connectivity index (χ4n) is 2.84. The number of nitrogens with zero attached hydrogens (tertiary/aromatic N) is 1. The number of carbonyl (C=O) groups is 2. The molecule has 2 heterocycles. The molecule has 0 radical (unpaired) electrons. The van der Waals surface area contributed by atoms with Crippen molar-refractivity contribution in [3.8, 4) is 11.5 Å². The van der Waals surface area contributed by atoms with Crippen molar-refractivity contribution >= 4 is 40.5 Å². The van der Waals surface area contributed by atoms with E-state index in [1.165, 1.54) is 28.0 Å². The van der Waals surface area contributed by atoms with Gasteiger partial charge in [0.05, 0.1) is 31.2 Å². The Kier molecular flexibility index (Phi) is 5.92. The lowest BCUT2D eigenvalue weighted by Gasteiger charge is -2.16. The Morgan fingerprint density at radius 2 is 1.81 bits per heavy atom. The van der Waals surface area contributed by atoms with Crippen LogP contribution in [0.25, 0.3) is 5.57 Å². The molecule has 1 aliphatic rings. The summed E-state index contributed by atoms with van der Waals surface area (Å²) < 4.78 is 10.6. The molecule has 0 bridgehead atoms. The third-order valence-electron chi connectivity index (χ3n) is 4.04. The van der Waals surface area contributed by atoms with Crippen LogP contribution >= 0.6 is 23.1 Å². The average molecular weight is 404 g/mol. The molecule has 0 saturated heterocycles. The largest absolute Gasteiger partial charge is 0.493 e. The molecule has 27 heavy (non-hydrogen) atoms. The van der Waals surface area contributed by atoms with E-state index in [2.05, 4.69) is 0 Å². The van der Waals surface area contributed by atoms with Gasteiger partial charge < -0.3 is 9.47 Å². The van der Waals surface area contributed by atoms with Crippen LogP contribution in [0.15, 0.2) is 40.6 Å². The first-order valence-corrected chi connectivity index (χ1v) is 10.2. The van der Waals surface area contributed by atoms with Gasteiger partial charge in [-0.2, -0.15) is 0 Å². The van der Waals surface area contributed by atoms with Gasteiger partial charge in [-0.1, -0.05) is 26.0 Å². The second-order valence-electron chi connectivity index (χ2n) is 6.23. The standard InChI is InChI=1S/C20H21NO4S2/c1-12(2)27-18-17(16-6-5-9-26-16)19(22)21(20(18)23)11-13-7-8-14(24-3)15(10-13)25-4/h5-10,12H,11H2,1-4H3. The number of imide groups is 1. The van der Waals surface area contributed by atoms with E-state index >= 15 is 0 Å². The first kappa shape index (κ1) is 19.5. The lowest BCUT2D eigenvalue weighted by molar-refractivity contribution is -0.137. The molecule has 0 fully saturated rings. The van der Waals surface area contributed by atoms with E-state index in [-0.39, 0.29) is 23.6 Å². The Hall–Kier alpha value is -2.25. The average Bonchev–Trinajstić information content (AvgIpc) is 3.24. The maximum atomic E-state index is 13.1. The highest BCUT2D eigenvalue weighted by atomic mass is 32.2. The molecule has 2 aromatic rings. The predicted molar refractivity (Wildman–Crippen MR) is 109 cm³/mol. The number of amides is 2. The van der Waals surface area contributed by atoms with Gasteiger partial charge in [-0.3, -0.25) is 14.5 Å². The summed E-state index contributed by atoms with van der Waals surface area (Å²) in [6.07, 6.45) is 0. The minimum absolute atomic E-state index is 0.190. The summed E-state index contributed by atoms with van der Waals surface area (Å²) in [5.74, 6) is 0.684. The van der Waals surface area contributed by atoms with Crippen molar-refractivity contribution in [1.82, 2.24) is 4.90 Å². The van der Waals surface area contributed by atoms with Crippen molar-refractivity contribution in [2.45, 2.75) is 25.6 Å². The Morgan fingerprint density at radius 3 is 2.41 bits per heavy atom. The fraction of sp³-hybridized carbons (Fsp3) is 0.300. The summed E-state index contributed by atoms with van der Waals surface area (Å²) in [7, 11) is 3.12. The Balaban J connectivity index is 1.92. The topological polar surface area (TPSA) is 55.8 Å². The van der Waals surface area contributed by atoms with Crippen LogP contribution in [0.5, 0.6) is 11.5 Å². The summed E-state index contributed by atoms with van der Waals surface area (Å²) in [4.78, 5) is 28.7. The molecule has 0 unspecified atom stereocenters. The van der Waals surface area contributed by atoms with Gasteiger partial charge in [0.1, 0.15) is 0 Å². The van der Waals surface area contributed by atoms with Crippen molar-refractivity contribution in [2.24, 2.45) is 0 Å². The van der Waals surface area contributed by atoms with Crippen molar-refractivity contribution in [2.75, 3.05) is 14.2 Å². The SMILES string of the molecule is COc1ccc(CN2C(=O)C(SC(C)C)=C(c3cccs3)C2=O)cc1OC. The monoisotopic (exact) mass is 403 g/mol. The molecular weight excluding hydrogens is 382 g/mol. The smallest absolute Gasteiger partial charge is 0.268 e. The van der Waals surface area contributed by atoms with Crippen LogP contribution in [0.2, 0.25) is 0 Å². The van der Waals surface area contributed by atoms with Gasteiger partial charge >= 0.3 is 0 Å². The van der Waals surface area contributed by atoms with Gasteiger partial charge in [0.15, 0.2) is 11.5 Å². The third-order valence-corrected chi connectivity index (χ3v) is 6.01. The highest BCUT2D eigenvalue weighted by Crippen LogP contribution is 2.40. The number of ether oxygens (including phenoxy) is 2. The van der Waals surface area contributed by atoms with E-state index in [0.717, 1.165) is 10.4 Å². The lowest BCUT2D eigenvalue weighted by atomic mass is 10.2. The maximum absolute atomic E-state index is 13.1. The zero-order valence-corrected chi connectivity index (χ0v) is 17.3. The Labute approximate surface area is 167 Å². The summed E-state index contributed by atoms with van der Waals surface area (Å²) in [6.45, 7) is 4.21. The number of hydrogen-bond donors (Lipinski definition) is 0. The van der Waals surface area contributed by atoms with Gasteiger partial charge in [0, 0.05) is 10.1 Å². The van der Waals surface area contributed by atoms with Crippen molar-refractivity contribution < 1.29 is 19.1 Å². The van der Waals surface area contributed by atoms with Gasteiger partial charge in [-0.25, -0.2) is 0 Å². The molecule has 0 atom stereocenters. The number of thiophene rings is 1. The Morgan fingerprint density at radius 1 is 1.07 bits per heavy atom. The van der Waals surface area contributed by atoms with Crippen molar-refractivity contribution in [3.63, 3.8) is 0 Å². The van der Waals surface area contributed by atoms with E-state index in [9.17, 15) is 9.59 Å². The summed E-state index contributed by atoms with van der Waals surface area (Å²) >= 11 is 2.91. The number of benzene rings is 1. The zero-order valence-electron chi connectivity index (χ0n) is 15.6. The summed E-state index contributed by atoms with van der Waals surface area (Å²) in [6, 6.07) is 9.17. The third kappa shape index (κ3) is 3.89. The predicted octanol–water partition coefficient (Wildman–Crippen LogP) is 4.19. The number of rotatable bonds is 7. The van der Waals surface area contributed by atoms with E-state index in [4.69, 9.17) is 9.47 Å². The molecule has 0 spiro atoms. The number of thioether (sulfide) groups is 1. The van der Waals surface area contributed by atoms with Crippen LogP contribution in [0.3, 0.4) is 0 Å². The van der Waals surface area contributed by atoms with Crippen LogP contribution in [0.1, 0.15) is 24.3 Å². The molecule has 2 amide bonds. The van der Waals surface area contributed by atoms with Gasteiger partial charge in [-0.15, -0.1) is 23.1 Å². The summed E-state index contributed by atoms with van der Waals surface area (Å²) in [5, 5.41) is 2.11. The molecule has 1 aromatic carbocycles. The van der Waals surface area contributed by atoms with Gasteiger partial charge in [0.25, 0.3) is 11.8 Å². The zero-order chi connectivity index (χ0) is 19.6. The van der Waals surface area contributed by atoms with Gasteiger partial charge in [0.2, 0.25) is 0 Å². The van der Waals surface area contributed by atoms with Crippen LogP contribution in [0, 0.1) is 0 Å². The summed E-state index contributed by atoms with van der Waals surface area (Å²) in [5.41, 5.74) is 1.31. The molecule has 5 nitrogen and oxygen atoms in total. The highest BCUT2D eigenvalue weighted by Gasteiger charge is 2.40. The minimum atomic E-state index is -0.250. The molecule has 3 rings (SSSR count). The fourth-order valence-corrected chi connectivity index (χ4v) is 4.67. The van der Waals surface area contributed by atoms with E-state index in [1.807, 2.05) is 37.4 Å². The first-order chi connectivity index (χ1) is 13.0. The van der Waals surface area contributed by atoms with Crippen molar-refractivity contribution in [3.05, 3.63) is 51.1 Å². The second-order valence-corrected chi connectivity index (χ2v) is 8.77. The molecule has 1 aromatic heterocycles. The number of carbonyl (C=O) groups excluding carboxylic acids is 2. The molecule has 1 aliphatic heterocycles. The molecule has 0 N–H and O–H groups in total. The van der Waals surface area contributed by atoms with E-state index in [0.29, 0.717) is 22.0 Å². The molecule has 7 heteroatoms. The number of hydrogen-bond acceptors (Lipinski definition) is 6. The minimum Gasteiger partial charge on any atom is -0.493 e. The van der Waals surface area contributed by atoms with Crippen LogP contribution in [0.4, 0.5) is 0 Å². The first-order valence-electron chi connectivity index (χ1n) is 8.48. The normalized spacial score (nSPS) is 14.5. The maximum Gasteiger partial charge on any atom is 0.268 e. The molecule has 142 valence electrons. The van der Waals surface area contributed by atoms with Crippen LogP contribution in [-0.4, -0.2) is 36.2 Å². The van der Waals surface area contributed by atoms with Crippen LogP contribution < -0.4 is 9.47 Å². The molecule has 0 saturated carbocycles. The second kappa shape index (κ2) is 8.19. The molecule has 0 aliphatic carbocycles. The number of methoxy groups -OCH3 is 2. The highest BCUT2D eigenvalue weighted by molar-refractivity contribution is 8.04. The van der Waals surface area contributed by atoms with Crippen molar-refractivity contribution in [1.29, 1.82) is 0 Å². The lowest BCUT2D eigenvalue weighted by Crippen LogP contribution is -2.31. The molecular formula is C20H21NO4S2. The van der Waals surface area contributed by atoms with Gasteiger partial charge in [-0.05, 0) is 29.1 Å². The quantitative estimate of drug-likeness (QED) is 0.649. The van der Waals surface area contributed by atoms with E-state index < -0.39 is 0 Å². The van der Waals surface area contributed by atoms with E-state index in [1.54, 1.807) is 26.4 Å².